The fourth-order valence-electron chi connectivity index (χ4n) is 2.06. The Balaban J connectivity index is 1.92. The number of hydrogen-bond donors (Lipinski definition) is 0. The smallest absolute Gasteiger partial charge is 0.196 e. The second-order valence-corrected chi connectivity index (χ2v) is 5.66. The van der Waals surface area contributed by atoms with Gasteiger partial charge in [-0.15, -0.1) is 0 Å². The third kappa shape index (κ3) is 2.81. The van der Waals surface area contributed by atoms with Crippen LogP contribution in [0.3, 0.4) is 0 Å². The largest absolute Gasteiger partial charge is 0.288 e. The summed E-state index contributed by atoms with van der Waals surface area (Å²) < 4.78 is 2.64. The number of rotatable bonds is 3. The van der Waals surface area contributed by atoms with Crippen LogP contribution in [0.15, 0.2) is 65.4 Å². The number of aromatic nitrogens is 2. The maximum absolute atomic E-state index is 12.5. The molecule has 3 aromatic rings. The number of benzene rings is 2. The lowest BCUT2D eigenvalue weighted by atomic mass is 10.1. The predicted molar refractivity (Wildman–Crippen MR) is 85.9 cm³/mol. The molecule has 0 aliphatic carbocycles. The molecule has 2 aromatic carbocycles. The zero-order chi connectivity index (χ0) is 14.8. The van der Waals surface area contributed by atoms with Gasteiger partial charge >= 0.3 is 0 Å². The van der Waals surface area contributed by atoms with E-state index in [1.807, 2.05) is 55.5 Å². The Labute approximate surface area is 131 Å². The van der Waals surface area contributed by atoms with Crippen molar-refractivity contribution < 1.29 is 4.79 Å². The highest BCUT2D eigenvalue weighted by molar-refractivity contribution is 9.10. The molecule has 0 saturated heterocycles. The van der Waals surface area contributed by atoms with Crippen LogP contribution in [0.4, 0.5) is 0 Å². The molecule has 21 heavy (non-hydrogen) atoms. The Morgan fingerprint density at radius 1 is 1.10 bits per heavy atom. The van der Waals surface area contributed by atoms with Gasteiger partial charge in [0.25, 0.3) is 0 Å². The van der Waals surface area contributed by atoms with Gasteiger partial charge in [0.1, 0.15) is 0 Å². The van der Waals surface area contributed by atoms with E-state index < -0.39 is 0 Å². The number of carbonyl (C=O) groups is 1. The maximum Gasteiger partial charge on any atom is 0.196 e. The van der Waals surface area contributed by atoms with Crippen molar-refractivity contribution in [3.05, 3.63) is 82.1 Å². The van der Waals surface area contributed by atoms with E-state index in [2.05, 4.69) is 21.0 Å². The number of para-hydroxylation sites is 1. The van der Waals surface area contributed by atoms with Crippen molar-refractivity contribution in [3.8, 4) is 5.69 Å². The lowest BCUT2D eigenvalue weighted by molar-refractivity contribution is 0.103. The highest BCUT2D eigenvalue weighted by atomic mass is 79.9. The molecule has 1 aromatic heterocycles. The Morgan fingerprint density at radius 2 is 1.86 bits per heavy atom. The molecule has 3 rings (SSSR count). The van der Waals surface area contributed by atoms with Crippen LogP contribution in [0.25, 0.3) is 5.69 Å². The molecule has 0 bridgehead atoms. The molecular formula is C17H13BrN2O. The van der Waals surface area contributed by atoms with Gasteiger partial charge in [-0.3, -0.25) is 4.79 Å². The van der Waals surface area contributed by atoms with Gasteiger partial charge in [0.15, 0.2) is 5.78 Å². The van der Waals surface area contributed by atoms with Gasteiger partial charge in [0.05, 0.1) is 17.4 Å². The van der Waals surface area contributed by atoms with Crippen molar-refractivity contribution in [2.45, 2.75) is 6.92 Å². The minimum Gasteiger partial charge on any atom is -0.288 e. The third-order valence-corrected chi connectivity index (χ3v) is 4.15. The van der Waals surface area contributed by atoms with Crippen LogP contribution in [-0.4, -0.2) is 15.6 Å². The molecule has 4 heteroatoms. The second-order valence-electron chi connectivity index (χ2n) is 4.80. The number of hydrogen-bond acceptors (Lipinski definition) is 2. The highest BCUT2D eigenvalue weighted by Gasteiger charge is 2.13. The number of ketones is 1. The Hall–Kier alpha value is -2.20. The molecule has 0 atom stereocenters. The van der Waals surface area contributed by atoms with E-state index in [9.17, 15) is 4.79 Å². The molecule has 0 fully saturated rings. The van der Waals surface area contributed by atoms with Crippen molar-refractivity contribution in [2.24, 2.45) is 0 Å². The summed E-state index contributed by atoms with van der Waals surface area (Å²) in [5, 5.41) is 4.26. The van der Waals surface area contributed by atoms with Gasteiger partial charge < -0.3 is 0 Å². The second kappa shape index (κ2) is 5.66. The minimum absolute atomic E-state index is 0.0297. The molecule has 0 amide bonds. The fraction of sp³-hybridized carbons (Fsp3) is 0.0588. The van der Waals surface area contributed by atoms with Crippen molar-refractivity contribution >= 4 is 21.7 Å². The number of nitrogens with zero attached hydrogens (tertiary/aromatic N) is 2. The fourth-order valence-corrected chi connectivity index (χ4v) is 2.44. The van der Waals surface area contributed by atoms with Crippen LogP contribution in [0.1, 0.15) is 21.5 Å². The molecular weight excluding hydrogens is 328 g/mol. The first kappa shape index (κ1) is 13.8. The van der Waals surface area contributed by atoms with Crippen molar-refractivity contribution in [1.82, 2.24) is 9.78 Å². The summed E-state index contributed by atoms with van der Waals surface area (Å²) in [7, 11) is 0. The molecule has 0 unspecified atom stereocenters. The monoisotopic (exact) mass is 340 g/mol. The van der Waals surface area contributed by atoms with Gasteiger partial charge in [-0.05, 0) is 30.7 Å². The van der Waals surface area contributed by atoms with E-state index in [0.29, 0.717) is 11.1 Å². The topological polar surface area (TPSA) is 34.9 Å². The Bertz CT molecular complexity index is 794. The van der Waals surface area contributed by atoms with E-state index in [0.717, 1.165) is 15.7 Å². The normalized spacial score (nSPS) is 10.6. The summed E-state index contributed by atoms with van der Waals surface area (Å²) in [5.74, 6) is -0.0297. The van der Waals surface area contributed by atoms with Gasteiger partial charge in [-0.2, -0.15) is 5.10 Å². The SMILES string of the molecule is Cc1ccc(C(=O)c2cnn(-c3ccccc3)c2)cc1Br. The maximum atomic E-state index is 12.5. The first-order valence-electron chi connectivity index (χ1n) is 6.56. The average molecular weight is 341 g/mol. The molecule has 0 aliphatic heterocycles. The minimum atomic E-state index is -0.0297. The zero-order valence-electron chi connectivity index (χ0n) is 11.5. The molecule has 3 nitrogen and oxygen atoms in total. The predicted octanol–water partition coefficient (Wildman–Crippen LogP) is 4.17. The van der Waals surface area contributed by atoms with E-state index in [1.165, 1.54) is 0 Å². The molecule has 104 valence electrons. The van der Waals surface area contributed by atoms with Crippen LogP contribution in [0.2, 0.25) is 0 Å². The lowest BCUT2D eigenvalue weighted by Gasteiger charge is -2.02. The zero-order valence-corrected chi connectivity index (χ0v) is 13.0. The Morgan fingerprint density at radius 3 is 2.57 bits per heavy atom. The first-order valence-corrected chi connectivity index (χ1v) is 7.35. The molecule has 0 aliphatic rings. The van der Waals surface area contributed by atoms with E-state index in [-0.39, 0.29) is 5.78 Å². The van der Waals surface area contributed by atoms with Gasteiger partial charge in [-0.1, -0.05) is 46.3 Å². The molecule has 0 N–H and O–H groups in total. The first-order chi connectivity index (χ1) is 10.1. The Kier molecular flexibility index (Phi) is 3.71. The third-order valence-electron chi connectivity index (χ3n) is 3.30. The van der Waals surface area contributed by atoms with Crippen LogP contribution < -0.4 is 0 Å². The van der Waals surface area contributed by atoms with Gasteiger partial charge in [-0.25, -0.2) is 4.68 Å². The summed E-state index contributed by atoms with van der Waals surface area (Å²) >= 11 is 3.46. The summed E-state index contributed by atoms with van der Waals surface area (Å²) in [4.78, 5) is 12.5. The summed E-state index contributed by atoms with van der Waals surface area (Å²) in [6, 6.07) is 15.3. The van der Waals surface area contributed by atoms with E-state index in [1.54, 1.807) is 17.1 Å². The van der Waals surface area contributed by atoms with Crippen molar-refractivity contribution in [3.63, 3.8) is 0 Å². The molecule has 0 saturated carbocycles. The molecule has 0 radical (unpaired) electrons. The van der Waals surface area contributed by atoms with Gasteiger partial charge in [0.2, 0.25) is 0 Å². The summed E-state index contributed by atoms with van der Waals surface area (Å²) in [5.41, 5.74) is 3.27. The van der Waals surface area contributed by atoms with Crippen molar-refractivity contribution in [2.75, 3.05) is 0 Å². The highest BCUT2D eigenvalue weighted by Crippen LogP contribution is 2.20. The summed E-state index contributed by atoms with van der Waals surface area (Å²) in [6.45, 7) is 1.99. The van der Waals surface area contributed by atoms with Crippen LogP contribution in [0.5, 0.6) is 0 Å². The summed E-state index contributed by atoms with van der Waals surface area (Å²) in [6.07, 6.45) is 3.36. The number of carbonyl (C=O) groups excluding carboxylic acids is 1. The van der Waals surface area contributed by atoms with Crippen LogP contribution in [-0.2, 0) is 0 Å². The van der Waals surface area contributed by atoms with Crippen LogP contribution in [0, 0.1) is 6.92 Å². The molecule has 1 heterocycles. The molecule has 0 spiro atoms. The standard InChI is InChI=1S/C17H13BrN2O/c1-12-7-8-13(9-16(12)18)17(21)14-10-19-20(11-14)15-5-3-2-4-6-15/h2-11H,1H3. The van der Waals surface area contributed by atoms with Crippen LogP contribution >= 0.6 is 15.9 Å². The van der Waals surface area contributed by atoms with Gasteiger partial charge in [0, 0.05) is 16.2 Å². The van der Waals surface area contributed by atoms with E-state index in [4.69, 9.17) is 0 Å². The lowest BCUT2D eigenvalue weighted by Crippen LogP contribution is -2.00. The number of aryl methyl sites for hydroxylation is 1. The quantitative estimate of drug-likeness (QED) is 0.670. The van der Waals surface area contributed by atoms with Crippen molar-refractivity contribution in [1.29, 1.82) is 0 Å². The average Bonchev–Trinajstić information content (AvgIpc) is 3.00. The number of halogens is 1. The van der Waals surface area contributed by atoms with E-state index >= 15 is 0 Å².